The number of carbonyl (C=O) groups excluding carboxylic acids is 1. The molecule has 2 fully saturated rings. The van der Waals surface area contributed by atoms with Gasteiger partial charge in [0.2, 0.25) is 0 Å². The molecule has 0 radical (unpaired) electrons. The number of para-hydroxylation sites is 1. The van der Waals surface area contributed by atoms with E-state index < -0.39 is 0 Å². The van der Waals surface area contributed by atoms with Gasteiger partial charge in [0.25, 0.3) is 5.91 Å². The zero-order chi connectivity index (χ0) is 16.8. The largest absolute Gasteiger partial charge is 0.483 e. The molecule has 1 aromatic rings. The van der Waals surface area contributed by atoms with Crippen molar-refractivity contribution in [2.45, 2.75) is 59.9 Å². The lowest BCUT2D eigenvalue weighted by Gasteiger charge is -2.39. The summed E-state index contributed by atoms with van der Waals surface area (Å²) in [6.45, 7) is 12.1. The van der Waals surface area contributed by atoms with Gasteiger partial charge < -0.3 is 9.64 Å². The summed E-state index contributed by atoms with van der Waals surface area (Å²) in [6, 6.07) is 6.46. The first kappa shape index (κ1) is 16.4. The van der Waals surface area contributed by atoms with E-state index in [1.165, 1.54) is 6.42 Å². The Hall–Kier alpha value is -1.51. The molecule has 2 bridgehead atoms. The molecule has 126 valence electrons. The number of likely N-dealkylation sites (tertiary alicyclic amines) is 1. The first-order valence-electron chi connectivity index (χ1n) is 8.68. The van der Waals surface area contributed by atoms with E-state index in [-0.39, 0.29) is 17.9 Å². The Morgan fingerprint density at radius 2 is 1.87 bits per heavy atom. The van der Waals surface area contributed by atoms with E-state index in [0.717, 1.165) is 36.3 Å². The Morgan fingerprint density at radius 1 is 1.22 bits per heavy atom. The lowest BCUT2D eigenvalue weighted by atomic mass is 9.65. The molecule has 0 spiro atoms. The van der Waals surface area contributed by atoms with Gasteiger partial charge in [-0.3, -0.25) is 4.79 Å². The van der Waals surface area contributed by atoms with Crippen molar-refractivity contribution >= 4 is 5.91 Å². The third kappa shape index (κ3) is 3.24. The van der Waals surface area contributed by atoms with Crippen LogP contribution in [0.4, 0.5) is 0 Å². The summed E-state index contributed by atoms with van der Waals surface area (Å²) in [5.74, 6) is 0.994. The molecule has 1 aliphatic carbocycles. The minimum atomic E-state index is 0.138. The number of rotatable bonds is 3. The highest BCUT2D eigenvalue weighted by atomic mass is 16.5. The normalized spacial score (nSPS) is 28.7. The summed E-state index contributed by atoms with van der Waals surface area (Å²) < 4.78 is 5.88. The predicted molar refractivity (Wildman–Crippen MR) is 92.7 cm³/mol. The topological polar surface area (TPSA) is 29.5 Å². The van der Waals surface area contributed by atoms with Crippen molar-refractivity contribution in [1.82, 2.24) is 4.90 Å². The molecule has 0 aromatic heterocycles. The molecule has 3 nitrogen and oxygen atoms in total. The number of hydrogen-bond donors (Lipinski definition) is 0. The maximum absolute atomic E-state index is 12.7. The van der Waals surface area contributed by atoms with Gasteiger partial charge in [0.05, 0.1) is 0 Å². The second-order valence-electron chi connectivity index (χ2n) is 8.74. The number of benzene rings is 1. The van der Waals surface area contributed by atoms with E-state index in [2.05, 4.69) is 25.7 Å². The van der Waals surface area contributed by atoms with Gasteiger partial charge in [0, 0.05) is 12.6 Å². The van der Waals surface area contributed by atoms with E-state index in [9.17, 15) is 4.79 Å². The molecular formula is C20H29NO2. The van der Waals surface area contributed by atoms with Crippen LogP contribution < -0.4 is 4.74 Å². The van der Waals surface area contributed by atoms with Gasteiger partial charge in [0.15, 0.2) is 6.61 Å². The van der Waals surface area contributed by atoms with Crippen LogP contribution in [-0.4, -0.2) is 30.0 Å². The van der Waals surface area contributed by atoms with Gasteiger partial charge in [-0.1, -0.05) is 39.0 Å². The lowest BCUT2D eigenvalue weighted by molar-refractivity contribution is -0.134. The Morgan fingerprint density at radius 3 is 2.52 bits per heavy atom. The highest BCUT2D eigenvalue weighted by Gasteiger charge is 2.50. The maximum Gasteiger partial charge on any atom is 0.260 e. The smallest absolute Gasteiger partial charge is 0.260 e. The van der Waals surface area contributed by atoms with Crippen LogP contribution in [0.3, 0.4) is 0 Å². The van der Waals surface area contributed by atoms with Crippen LogP contribution in [0.1, 0.15) is 51.2 Å². The van der Waals surface area contributed by atoms with Crippen molar-refractivity contribution in [2.75, 3.05) is 13.2 Å². The number of ether oxygens (including phenoxy) is 1. The second kappa shape index (κ2) is 5.54. The van der Waals surface area contributed by atoms with Crippen molar-refractivity contribution in [1.29, 1.82) is 0 Å². The van der Waals surface area contributed by atoms with Crippen LogP contribution in [0.5, 0.6) is 5.75 Å². The molecule has 1 aromatic carbocycles. The fourth-order valence-electron chi connectivity index (χ4n) is 5.00. The monoisotopic (exact) mass is 315 g/mol. The second-order valence-corrected chi connectivity index (χ2v) is 8.74. The summed E-state index contributed by atoms with van der Waals surface area (Å²) in [5, 5.41) is 0. The summed E-state index contributed by atoms with van der Waals surface area (Å²) in [7, 11) is 0. The number of hydrogen-bond acceptors (Lipinski definition) is 2. The summed E-state index contributed by atoms with van der Waals surface area (Å²) in [4.78, 5) is 14.8. The van der Waals surface area contributed by atoms with Crippen molar-refractivity contribution in [3.63, 3.8) is 0 Å². The number of amides is 1. The van der Waals surface area contributed by atoms with Gasteiger partial charge in [-0.2, -0.15) is 0 Å². The van der Waals surface area contributed by atoms with E-state index in [0.29, 0.717) is 11.5 Å². The summed E-state index contributed by atoms with van der Waals surface area (Å²) in [5.41, 5.74) is 2.79. The molecule has 3 rings (SSSR count). The third-order valence-electron chi connectivity index (χ3n) is 5.48. The molecule has 3 heteroatoms. The average molecular weight is 315 g/mol. The fraction of sp³-hybridized carbons (Fsp3) is 0.650. The van der Waals surface area contributed by atoms with Gasteiger partial charge in [0.1, 0.15) is 5.75 Å². The maximum atomic E-state index is 12.7. The van der Waals surface area contributed by atoms with Crippen LogP contribution in [0.15, 0.2) is 18.2 Å². The number of nitrogens with zero attached hydrogens (tertiary/aromatic N) is 1. The zero-order valence-corrected chi connectivity index (χ0v) is 15.1. The average Bonchev–Trinajstić information content (AvgIpc) is 2.67. The molecule has 0 unspecified atom stereocenters. The fourth-order valence-corrected chi connectivity index (χ4v) is 5.00. The van der Waals surface area contributed by atoms with Crippen LogP contribution in [-0.2, 0) is 4.79 Å². The molecule has 1 saturated carbocycles. The van der Waals surface area contributed by atoms with E-state index in [1.807, 2.05) is 32.0 Å². The van der Waals surface area contributed by atoms with Gasteiger partial charge in [-0.15, -0.1) is 0 Å². The Kier molecular flexibility index (Phi) is 3.94. The van der Waals surface area contributed by atoms with E-state index in [1.54, 1.807) is 0 Å². The van der Waals surface area contributed by atoms with Crippen molar-refractivity contribution in [3.05, 3.63) is 29.3 Å². The quantitative estimate of drug-likeness (QED) is 0.840. The Balaban J connectivity index is 1.68. The van der Waals surface area contributed by atoms with Crippen LogP contribution in [0.25, 0.3) is 0 Å². The first-order valence-corrected chi connectivity index (χ1v) is 8.68. The minimum Gasteiger partial charge on any atom is -0.483 e. The first-order chi connectivity index (χ1) is 10.7. The summed E-state index contributed by atoms with van der Waals surface area (Å²) in [6.07, 6.45) is 3.46. The van der Waals surface area contributed by atoms with Gasteiger partial charge in [-0.05, 0) is 55.1 Å². The third-order valence-corrected chi connectivity index (χ3v) is 5.48. The van der Waals surface area contributed by atoms with Crippen molar-refractivity contribution < 1.29 is 9.53 Å². The SMILES string of the molecule is Cc1cccc(C)c1OCC(=O)N1C[C@]2(C)C[C@@H]1CC(C)(C)C2. The van der Waals surface area contributed by atoms with Crippen molar-refractivity contribution in [2.24, 2.45) is 10.8 Å². The highest BCUT2D eigenvalue weighted by Crippen LogP contribution is 2.52. The molecule has 1 aliphatic heterocycles. The molecular weight excluding hydrogens is 286 g/mol. The molecule has 1 heterocycles. The molecule has 2 atom stereocenters. The van der Waals surface area contributed by atoms with Crippen LogP contribution in [0, 0.1) is 24.7 Å². The highest BCUT2D eigenvalue weighted by molar-refractivity contribution is 5.78. The molecule has 1 amide bonds. The van der Waals surface area contributed by atoms with E-state index >= 15 is 0 Å². The van der Waals surface area contributed by atoms with Crippen molar-refractivity contribution in [3.8, 4) is 5.75 Å². The number of aryl methyl sites for hydroxylation is 2. The Labute approximate surface area is 140 Å². The number of fused-ring (bicyclic) bond motifs is 2. The Bertz CT molecular complexity index is 602. The zero-order valence-electron chi connectivity index (χ0n) is 15.1. The number of carbonyl (C=O) groups is 1. The van der Waals surface area contributed by atoms with Crippen LogP contribution >= 0.6 is 0 Å². The minimum absolute atomic E-state index is 0.138. The molecule has 23 heavy (non-hydrogen) atoms. The predicted octanol–water partition coefficient (Wildman–Crippen LogP) is 4.11. The molecule has 2 aliphatic rings. The van der Waals surface area contributed by atoms with Crippen LogP contribution in [0.2, 0.25) is 0 Å². The molecule has 0 N–H and O–H groups in total. The standard InChI is InChI=1S/C20H29NO2/c1-14-7-6-8-15(2)18(14)23-11-17(22)21-13-20(5)10-16(21)9-19(3,4)12-20/h6-8,16H,9-13H2,1-5H3/t16-,20+/m0/s1. The van der Waals surface area contributed by atoms with Gasteiger partial charge >= 0.3 is 0 Å². The van der Waals surface area contributed by atoms with E-state index in [4.69, 9.17) is 4.74 Å². The summed E-state index contributed by atoms with van der Waals surface area (Å²) >= 11 is 0. The van der Waals surface area contributed by atoms with Gasteiger partial charge in [-0.25, -0.2) is 0 Å². The lowest BCUT2D eigenvalue weighted by Crippen LogP contribution is -2.40. The molecule has 1 saturated heterocycles.